The van der Waals surface area contributed by atoms with Crippen LogP contribution in [0.2, 0.25) is 0 Å². The highest BCUT2D eigenvalue weighted by atomic mass is 16.5. The van der Waals surface area contributed by atoms with Gasteiger partial charge in [-0.2, -0.15) is 0 Å². The third-order valence-electron chi connectivity index (χ3n) is 1.76. The minimum Gasteiger partial charge on any atom is -0.478 e. The lowest BCUT2D eigenvalue weighted by Gasteiger charge is -2.12. The van der Waals surface area contributed by atoms with E-state index in [4.69, 9.17) is 9.84 Å². The van der Waals surface area contributed by atoms with E-state index < -0.39 is 24.0 Å². The Hall–Kier alpha value is -1.40. The molecule has 78 valence electrons. The van der Waals surface area contributed by atoms with Crippen LogP contribution in [0.5, 0.6) is 0 Å². The third-order valence-corrected chi connectivity index (χ3v) is 1.76. The second-order valence-electron chi connectivity index (χ2n) is 2.89. The standard InChI is InChI=1S/C8H11NO5/c10-6-4-14-3-5(6)9-7(11)1-2-8(12)13/h1-2,5-6,10H,3-4H2,(H,9,11)(H,12,13)/b2-1-. The topological polar surface area (TPSA) is 95.9 Å². The van der Waals surface area contributed by atoms with Crippen LogP contribution in [0.1, 0.15) is 0 Å². The monoisotopic (exact) mass is 201 g/mol. The Morgan fingerprint density at radius 1 is 1.36 bits per heavy atom. The molecule has 14 heavy (non-hydrogen) atoms. The Morgan fingerprint density at radius 3 is 2.57 bits per heavy atom. The van der Waals surface area contributed by atoms with Gasteiger partial charge in [-0.25, -0.2) is 4.79 Å². The predicted octanol–water partition coefficient (Wildman–Crippen LogP) is -1.50. The molecular formula is C8H11NO5. The molecule has 1 saturated heterocycles. The summed E-state index contributed by atoms with van der Waals surface area (Å²) < 4.78 is 4.89. The Morgan fingerprint density at radius 2 is 2.07 bits per heavy atom. The number of hydrogen-bond donors (Lipinski definition) is 3. The lowest BCUT2D eigenvalue weighted by molar-refractivity contribution is -0.131. The van der Waals surface area contributed by atoms with Crippen molar-refractivity contribution in [3.05, 3.63) is 12.2 Å². The van der Waals surface area contributed by atoms with Crippen LogP contribution in [0.15, 0.2) is 12.2 Å². The molecule has 1 amide bonds. The number of carbonyl (C=O) groups excluding carboxylic acids is 1. The van der Waals surface area contributed by atoms with Crippen molar-refractivity contribution in [1.29, 1.82) is 0 Å². The average Bonchev–Trinajstić information content (AvgIpc) is 2.49. The summed E-state index contributed by atoms with van der Waals surface area (Å²) in [7, 11) is 0. The van der Waals surface area contributed by atoms with Crippen LogP contribution in [-0.4, -0.2) is 47.4 Å². The van der Waals surface area contributed by atoms with E-state index in [0.29, 0.717) is 0 Å². The summed E-state index contributed by atoms with van der Waals surface area (Å²) in [6.07, 6.45) is 0.905. The minimum absolute atomic E-state index is 0.188. The Labute approximate surface area is 80.2 Å². The molecule has 0 bridgehead atoms. The fraction of sp³-hybridized carbons (Fsp3) is 0.500. The van der Waals surface area contributed by atoms with Crippen molar-refractivity contribution in [3.8, 4) is 0 Å². The molecule has 1 aliphatic heterocycles. The van der Waals surface area contributed by atoms with Crippen molar-refractivity contribution in [3.63, 3.8) is 0 Å². The van der Waals surface area contributed by atoms with Crippen LogP contribution in [0.3, 0.4) is 0 Å². The summed E-state index contributed by atoms with van der Waals surface area (Å²) in [6.45, 7) is 0.432. The number of carbonyl (C=O) groups is 2. The predicted molar refractivity (Wildman–Crippen MR) is 45.5 cm³/mol. The lowest BCUT2D eigenvalue weighted by atomic mass is 10.2. The van der Waals surface area contributed by atoms with Gasteiger partial charge >= 0.3 is 5.97 Å². The van der Waals surface area contributed by atoms with Crippen LogP contribution < -0.4 is 5.32 Å². The molecule has 1 rings (SSSR count). The number of ether oxygens (including phenoxy) is 1. The average molecular weight is 201 g/mol. The number of aliphatic hydroxyl groups is 1. The van der Waals surface area contributed by atoms with E-state index in [9.17, 15) is 14.7 Å². The minimum atomic E-state index is -1.19. The summed E-state index contributed by atoms with van der Waals surface area (Å²) >= 11 is 0. The van der Waals surface area contributed by atoms with Crippen molar-refractivity contribution in [2.45, 2.75) is 12.1 Å². The van der Waals surface area contributed by atoms with E-state index in [1.807, 2.05) is 0 Å². The summed E-state index contributed by atoms with van der Waals surface area (Å²) in [6, 6.07) is -0.457. The van der Waals surface area contributed by atoms with Crippen molar-refractivity contribution >= 4 is 11.9 Å². The van der Waals surface area contributed by atoms with Crippen molar-refractivity contribution in [2.24, 2.45) is 0 Å². The SMILES string of the molecule is O=C(O)/C=C\C(=O)NC1COCC1O. The molecule has 3 N–H and O–H groups in total. The fourth-order valence-corrected chi connectivity index (χ4v) is 1.06. The zero-order chi connectivity index (χ0) is 10.6. The molecule has 0 radical (unpaired) electrons. The third kappa shape index (κ3) is 3.15. The van der Waals surface area contributed by atoms with Gasteiger partial charge in [-0.1, -0.05) is 0 Å². The number of hydrogen-bond acceptors (Lipinski definition) is 4. The van der Waals surface area contributed by atoms with Crippen molar-refractivity contribution in [1.82, 2.24) is 5.32 Å². The van der Waals surface area contributed by atoms with Gasteiger partial charge in [0.2, 0.25) is 5.91 Å². The first-order valence-corrected chi connectivity index (χ1v) is 4.07. The number of amides is 1. The van der Waals surface area contributed by atoms with Crippen LogP contribution in [0.4, 0.5) is 0 Å². The molecule has 0 aliphatic carbocycles. The molecule has 2 unspecified atom stereocenters. The molecule has 1 aliphatic rings. The Bertz CT molecular complexity index is 262. The Kier molecular flexibility index (Phi) is 3.61. The van der Waals surface area contributed by atoms with Gasteiger partial charge in [0, 0.05) is 12.2 Å². The van der Waals surface area contributed by atoms with E-state index in [1.165, 1.54) is 0 Å². The largest absolute Gasteiger partial charge is 0.478 e. The normalized spacial score (nSPS) is 26.6. The van der Waals surface area contributed by atoms with Crippen LogP contribution >= 0.6 is 0 Å². The summed E-state index contributed by atoms with van der Waals surface area (Å²) in [5, 5.41) is 19.9. The lowest BCUT2D eigenvalue weighted by Crippen LogP contribution is -2.41. The first-order chi connectivity index (χ1) is 6.59. The van der Waals surface area contributed by atoms with Crippen LogP contribution in [0, 0.1) is 0 Å². The summed E-state index contributed by atoms with van der Waals surface area (Å²) in [5.41, 5.74) is 0. The molecule has 0 aromatic carbocycles. The number of aliphatic carboxylic acids is 1. The van der Waals surface area contributed by atoms with Gasteiger partial charge in [0.25, 0.3) is 0 Å². The van der Waals surface area contributed by atoms with Crippen molar-refractivity contribution in [2.75, 3.05) is 13.2 Å². The van der Waals surface area contributed by atoms with Gasteiger partial charge in [0.15, 0.2) is 0 Å². The number of aliphatic hydroxyl groups excluding tert-OH is 1. The summed E-state index contributed by atoms with van der Waals surface area (Å²) in [4.78, 5) is 21.1. The summed E-state index contributed by atoms with van der Waals surface area (Å²) in [5.74, 6) is -1.75. The number of carboxylic acids is 1. The number of nitrogens with one attached hydrogen (secondary N) is 1. The molecule has 6 heteroatoms. The van der Waals surface area contributed by atoms with Gasteiger partial charge in [-0.15, -0.1) is 0 Å². The van der Waals surface area contributed by atoms with E-state index in [2.05, 4.69) is 5.32 Å². The molecule has 6 nitrogen and oxygen atoms in total. The highest BCUT2D eigenvalue weighted by Gasteiger charge is 2.26. The molecule has 2 atom stereocenters. The smallest absolute Gasteiger partial charge is 0.328 e. The molecule has 0 saturated carbocycles. The molecule has 1 heterocycles. The van der Waals surface area contributed by atoms with E-state index >= 15 is 0 Å². The first-order valence-electron chi connectivity index (χ1n) is 4.07. The van der Waals surface area contributed by atoms with E-state index in [0.717, 1.165) is 12.2 Å². The highest BCUT2D eigenvalue weighted by Crippen LogP contribution is 2.04. The van der Waals surface area contributed by atoms with Crippen molar-refractivity contribution < 1.29 is 24.5 Å². The maximum absolute atomic E-state index is 11.0. The maximum atomic E-state index is 11.0. The number of carboxylic acid groups (broad SMARTS) is 1. The van der Waals surface area contributed by atoms with Gasteiger partial charge in [-0.05, 0) is 0 Å². The first kappa shape index (κ1) is 10.7. The molecule has 0 aromatic heterocycles. The van der Waals surface area contributed by atoms with Crippen LogP contribution in [0.25, 0.3) is 0 Å². The van der Waals surface area contributed by atoms with E-state index in [1.54, 1.807) is 0 Å². The van der Waals surface area contributed by atoms with Gasteiger partial charge in [-0.3, -0.25) is 4.79 Å². The van der Waals surface area contributed by atoms with E-state index in [-0.39, 0.29) is 13.2 Å². The second kappa shape index (κ2) is 4.73. The van der Waals surface area contributed by atoms with Crippen LogP contribution in [-0.2, 0) is 14.3 Å². The quantitative estimate of drug-likeness (QED) is 0.483. The zero-order valence-electron chi connectivity index (χ0n) is 7.34. The highest BCUT2D eigenvalue weighted by molar-refractivity contribution is 5.94. The van der Waals surface area contributed by atoms with Gasteiger partial charge in [0.1, 0.15) is 0 Å². The van der Waals surface area contributed by atoms with Gasteiger partial charge in [0.05, 0.1) is 25.4 Å². The van der Waals surface area contributed by atoms with Gasteiger partial charge < -0.3 is 20.3 Å². The second-order valence-corrected chi connectivity index (χ2v) is 2.89. The molecule has 0 aromatic rings. The molecule has 1 fully saturated rings. The Balaban J connectivity index is 2.36. The molecular weight excluding hydrogens is 190 g/mol. The number of rotatable bonds is 3. The fourth-order valence-electron chi connectivity index (χ4n) is 1.06. The molecule has 0 spiro atoms. The zero-order valence-corrected chi connectivity index (χ0v) is 7.34. The maximum Gasteiger partial charge on any atom is 0.328 e.